The average Bonchev–Trinajstić information content (AvgIpc) is 2.70. The number of carbonyl (C=O) groups is 1. The summed E-state index contributed by atoms with van der Waals surface area (Å²) in [5, 5.41) is -0.0408. The molecule has 1 atom stereocenters. The minimum Gasteiger partial charge on any atom is -0.421 e. The third-order valence-corrected chi connectivity index (χ3v) is 4.28. The predicted molar refractivity (Wildman–Crippen MR) is 67.6 cm³/mol. The summed E-state index contributed by atoms with van der Waals surface area (Å²) in [6.07, 6.45) is -0.897. The molecule has 1 rings (SSSR count). The van der Waals surface area contributed by atoms with Gasteiger partial charge in [0.05, 0.1) is 6.61 Å². The number of aromatic nitrogens is 1. The average molecular weight is 317 g/mol. The molecule has 0 aromatic carbocycles. The molecule has 1 unspecified atom stereocenters. The lowest BCUT2D eigenvalue weighted by Crippen LogP contribution is -2.04. The number of hydrogen-bond acceptors (Lipinski definition) is 3. The molecule has 8 heteroatoms. The quantitative estimate of drug-likeness (QED) is 0.418. The molecule has 19 heavy (non-hydrogen) atoms. The van der Waals surface area contributed by atoms with Gasteiger partial charge in [0.1, 0.15) is 10.5 Å². The summed E-state index contributed by atoms with van der Waals surface area (Å²) in [5.41, 5.74) is -1.14. The van der Waals surface area contributed by atoms with Crippen LogP contribution in [-0.2, 0) is 10.9 Å². The van der Waals surface area contributed by atoms with Crippen molar-refractivity contribution in [3.05, 3.63) is 15.5 Å². The van der Waals surface area contributed by atoms with Gasteiger partial charge in [-0.05, 0) is 18.0 Å². The number of carbonyl (C=O) groups excluding carboxylic acids is 1. The van der Waals surface area contributed by atoms with E-state index in [-0.39, 0.29) is 11.1 Å². The lowest BCUT2D eigenvalue weighted by atomic mass is 10.2. The zero-order valence-corrected chi connectivity index (χ0v) is 11.9. The van der Waals surface area contributed by atoms with E-state index in [0.29, 0.717) is 6.42 Å². The topological polar surface area (TPSA) is 39.2 Å². The van der Waals surface area contributed by atoms with E-state index in [1.165, 1.54) is 0 Å². The molecule has 0 fully saturated rings. The number of nitrogens with zero attached hydrogens (tertiary/aromatic N) is 1. The fourth-order valence-corrected chi connectivity index (χ4v) is 2.89. The Morgan fingerprint density at radius 2 is 2.11 bits per heavy atom. The molecule has 0 bridgehead atoms. The number of unbranched alkanes of at least 4 members (excludes halogenated alkanes) is 3. The van der Waals surface area contributed by atoms with Crippen molar-refractivity contribution < 1.29 is 22.7 Å². The Morgan fingerprint density at radius 1 is 1.42 bits per heavy atom. The molecule has 0 N–H and O–H groups in total. The van der Waals surface area contributed by atoms with Crippen LogP contribution in [0, 0.1) is 0 Å². The Balaban J connectivity index is 2.55. The molecule has 108 valence electrons. The van der Waals surface area contributed by atoms with Gasteiger partial charge in [-0.15, -0.1) is 0 Å². The zero-order chi connectivity index (χ0) is 14.5. The molecule has 1 heterocycles. The van der Waals surface area contributed by atoms with E-state index in [1.54, 1.807) is 0 Å². The molecule has 3 nitrogen and oxygen atoms in total. The first kappa shape index (κ1) is 16.2. The second kappa shape index (κ2) is 7.09. The fourth-order valence-electron chi connectivity index (χ4n) is 1.33. The monoisotopic (exact) mass is 316 g/mol. The summed E-state index contributed by atoms with van der Waals surface area (Å²) in [6, 6.07) is 0. The Bertz CT molecular complexity index is 434. The maximum atomic E-state index is 12.4. The summed E-state index contributed by atoms with van der Waals surface area (Å²) in [5.74, 6) is 0. The highest BCUT2D eigenvalue weighted by Crippen LogP contribution is 2.38. The van der Waals surface area contributed by atoms with Crippen molar-refractivity contribution in [1.29, 1.82) is 0 Å². The summed E-state index contributed by atoms with van der Waals surface area (Å²) in [6.45, 7) is 2.24. The van der Waals surface area contributed by atoms with Crippen molar-refractivity contribution in [2.45, 2.75) is 38.8 Å². The Kier molecular flexibility index (Phi) is 6.06. The number of halogens is 4. The molecule has 0 spiro atoms. The molecule has 0 aliphatic rings. The molecular weight excluding hydrogens is 303 g/mol. The third-order valence-electron chi connectivity index (χ3n) is 2.31. The fraction of sp³-hybridized carbons (Fsp3) is 0.636. The normalized spacial score (nSPS) is 12.6. The van der Waals surface area contributed by atoms with Gasteiger partial charge >= 0.3 is 15.9 Å². The molecule has 0 saturated carbocycles. The van der Waals surface area contributed by atoms with E-state index >= 15 is 0 Å². The van der Waals surface area contributed by atoms with E-state index in [1.807, 2.05) is 6.92 Å². The summed E-state index contributed by atoms with van der Waals surface area (Å²) in [4.78, 5) is 14.7. The summed E-state index contributed by atoms with van der Waals surface area (Å²) < 4.78 is 41.7. The van der Waals surface area contributed by atoms with Crippen LogP contribution in [0.5, 0.6) is 0 Å². The van der Waals surface area contributed by atoms with E-state index in [2.05, 4.69) is 4.98 Å². The van der Waals surface area contributed by atoms with Crippen molar-refractivity contribution in [3.63, 3.8) is 0 Å². The first-order chi connectivity index (χ1) is 8.86. The maximum absolute atomic E-state index is 12.4. The van der Waals surface area contributed by atoms with Crippen LogP contribution in [0.25, 0.3) is 0 Å². The van der Waals surface area contributed by atoms with Crippen molar-refractivity contribution >= 4 is 27.4 Å². The van der Waals surface area contributed by atoms with Crippen molar-refractivity contribution in [2.75, 3.05) is 6.61 Å². The standard InChI is InChI=1S/C11H14ClF3NO2S/c1-2-3-4-5-6-18-10(17)19-7-8(11(13,14)15)16-9(19)12/h7H,2-6H2,1H3/q+1. The molecule has 0 saturated heterocycles. The van der Waals surface area contributed by atoms with Crippen LogP contribution in [0.15, 0.2) is 5.38 Å². The van der Waals surface area contributed by atoms with E-state index in [4.69, 9.17) is 16.3 Å². The Hall–Kier alpha value is -0.820. The van der Waals surface area contributed by atoms with Crippen molar-refractivity contribution in [2.24, 2.45) is 0 Å². The Morgan fingerprint density at radius 3 is 2.63 bits per heavy atom. The molecule has 0 aliphatic carbocycles. The first-order valence-corrected chi connectivity index (χ1v) is 7.46. The number of ether oxygens (including phenoxy) is 1. The smallest absolute Gasteiger partial charge is 0.421 e. The predicted octanol–water partition coefficient (Wildman–Crippen LogP) is 5.07. The number of thiazole rings is 1. The highest BCUT2D eigenvalue weighted by atomic mass is 35.5. The zero-order valence-electron chi connectivity index (χ0n) is 10.3. The van der Waals surface area contributed by atoms with E-state index in [9.17, 15) is 18.0 Å². The van der Waals surface area contributed by atoms with E-state index < -0.39 is 27.6 Å². The molecule has 0 aliphatic heterocycles. The molecule has 1 aromatic rings. The van der Waals surface area contributed by atoms with Gasteiger partial charge in [0.15, 0.2) is 5.38 Å². The maximum Gasteiger partial charge on any atom is 0.557 e. The van der Waals surface area contributed by atoms with Crippen molar-refractivity contribution in [1.82, 2.24) is 4.98 Å². The van der Waals surface area contributed by atoms with Crippen LogP contribution in [0.3, 0.4) is 0 Å². The SMILES string of the molecule is CCCCCCOC(=O)[s+]1cc(C(F)(F)F)nc1Cl. The molecule has 0 radical (unpaired) electrons. The van der Waals surface area contributed by atoms with Gasteiger partial charge in [0.2, 0.25) is 5.69 Å². The van der Waals surface area contributed by atoms with Crippen LogP contribution >= 0.6 is 22.1 Å². The second-order valence-electron chi connectivity index (χ2n) is 3.86. The summed E-state index contributed by atoms with van der Waals surface area (Å²) in [7, 11) is -1.53. The lowest BCUT2D eigenvalue weighted by Gasteiger charge is -1.98. The van der Waals surface area contributed by atoms with Gasteiger partial charge < -0.3 is 4.74 Å². The van der Waals surface area contributed by atoms with Crippen molar-refractivity contribution in [3.8, 4) is 0 Å². The highest BCUT2D eigenvalue weighted by molar-refractivity contribution is 7.51. The summed E-state index contributed by atoms with van der Waals surface area (Å²) >= 11 is 5.55. The van der Waals surface area contributed by atoms with Gasteiger partial charge in [-0.25, -0.2) is 0 Å². The second-order valence-corrected chi connectivity index (χ2v) is 6.08. The van der Waals surface area contributed by atoms with Gasteiger partial charge in [0.25, 0.3) is 0 Å². The van der Waals surface area contributed by atoms with Crippen LogP contribution in [0.1, 0.15) is 38.3 Å². The Labute approximate surface area is 116 Å². The lowest BCUT2D eigenvalue weighted by molar-refractivity contribution is -0.140. The minimum atomic E-state index is -4.59. The largest absolute Gasteiger partial charge is 0.557 e. The molecule has 0 amide bonds. The molecule has 1 aromatic heterocycles. The van der Waals surface area contributed by atoms with Crippen LogP contribution < -0.4 is 0 Å². The number of alkyl halides is 3. The van der Waals surface area contributed by atoms with Gasteiger partial charge in [-0.2, -0.15) is 22.9 Å². The molecular formula is C11H14ClF3NO2S+. The van der Waals surface area contributed by atoms with Crippen LogP contribution in [-0.4, -0.2) is 16.9 Å². The first-order valence-electron chi connectivity index (χ1n) is 5.79. The van der Waals surface area contributed by atoms with Crippen LogP contribution in [0.4, 0.5) is 18.0 Å². The number of hydrogen-bond donors (Lipinski definition) is 0. The number of rotatable bonds is 6. The van der Waals surface area contributed by atoms with Gasteiger partial charge in [-0.3, -0.25) is 0 Å². The van der Waals surface area contributed by atoms with Crippen LogP contribution in [0.2, 0.25) is 4.47 Å². The minimum absolute atomic E-state index is 0.196. The third kappa shape index (κ3) is 4.99. The van der Waals surface area contributed by atoms with Gasteiger partial charge in [0, 0.05) is 0 Å². The van der Waals surface area contributed by atoms with Gasteiger partial charge in [-0.1, -0.05) is 26.2 Å². The van der Waals surface area contributed by atoms with E-state index in [0.717, 1.165) is 24.6 Å². The highest BCUT2D eigenvalue weighted by Gasteiger charge is 2.41.